The molecule has 0 radical (unpaired) electrons. The molecule has 2 aromatic carbocycles. The highest BCUT2D eigenvalue weighted by molar-refractivity contribution is 9.10. The number of amides is 1. The smallest absolute Gasteiger partial charge is 0.233 e. The van der Waals surface area contributed by atoms with Gasteiger partial charge in [-0.15, -0.1) is 10.2 Å². The number of thioether (sulfide) groups is 1. The number of halogens is 2. The normalized spacial score (nSPS) is 10.8. The summed E-state index contributed by atoms with van der Waals surface area (Å²) in [5, 5.41) is 9.82. The number of hydrogen-bond acceptors (Lipinski definition) is 4. The molecule has 5 nitrogen and oxygen atoms in total. The summed E-state index contributed by atoms with van der Waals surface area (Å²) in [7, 11) is 3.70. The summed E-state index contributed by atoms with van der Waals surface area (Å²) in [5.74, 6) is 1.09. The minimum Gasteiger partial charge on any atom is -0.341 e. The number of hydrogen-bond donors (Lipinski definition) is 0. The van der Waals surface area contributed by atoms with Crippen LogP contribution in [0.5, 0.6) is 0 Å². The molecular weight excluding hydrogens is 448 g/mol. The number of carbonyl (C=O) groups is 1. The van der Waals surface area contributed by atoms with Crippen molar-refractivity contribution in [1.29, 1.82) is 0 Å². The van der Waals surface area contributed by atoms with Crippen LogP contribution in [0.15, 0.2) is 58.2 Å². The molecule has 0 bridgehead atoms. The van der Waals surface area contributed by atoms with E-state index >= 15 is 0 Å². The molecule has 3 rings (SSSR count). The predicted octanol–water partition coefficient (Wildman–Crippen LogP) is 4.65. The van der Waals surface area contributed by atoms with Gasteiger partial charge in [0.1, 0.15) is 0 Å². The number of benzene rings is 2. The first-order valence-corrected chi connectivity index (χ1v) is 10.4. The van der Waals surface area contributed by atoms with E-state index in [0.29, 0.717) is 22.5 Å². The van der Waals surface area contributed by atoms with Gasteiger partial charge in [0.2, 0.25) is 5.91 Å². The maximum absolute atomic E-state index is 12.4. The second-order valence-corrected chi connectivity index (χ2v) is 8.33. The van der Waals surface area contributed by atoms with Gasteiger partial charge in [0.25, 0.3) is 0 Å². The molecular formula is C19H18BrClN4OS. The fourth-order valence-electron chi connectivity index (χ4n) is 2.48. The zero-order chi connectivity index (χ0) is 19.4. The third-order valence-electron chi connectivity index (χ3n) is 4.02. The summed E-state index contributed by atoms with van der Waals surface area (Å²) in [6, 6.07) is 15.4. The number of nitrogens with zero attached hydrogens (tertiary/aromatic N) is 4. The first kappa shape index (κ1) is 19.9. The zero-order valence-electron chi connectivity index (χ0n) is 14.9. The number of carbonyl (C=O) groups excluding carboxylic acids is 1. The quantitative estimate of drug-likeness (QED) is 0.497. The van der Waals surface area contributed by atoms with E-state index in [0.717, 1.165) is 21.4 Å². The number of rotatable bonds is 6. The Balaban J connectivity index is 1.60. The molecule has 0 spiro atoms. The van der Waals surface area contributed by atoms with Gasteiger partial charge in [-0.05, 0) is 42.0 Å². The van der Waals surface area contributed by atoms with Crippen LogP contribution in [-0.2, 0) is 18.4 Å². The Bertz CT molecular complexity index is 928. The van der Waals surface area contributed by atoms with Crippen LogP contribution in [0, 0.1) is 0 Å². The highest BCUT2D eigenvalue weighted by atomic mass is 79.9. The largest absolute Gasteiger partial charge is 0.341 e. The SMILES string of the molecule is CN(Cc1ccc(Br)cc1)C(=O)CSc1nnc(-c2ccc(Cl)cc2)n1C. The van der Waals surface area contributed by atoms with Crippen molar-refractivity contribution in [1.82, 2.24) is 19.7 Å². The fraction of sp³-hybridized carbons (Fsp3) is 0.211. The Morgan fingerprint density at radius 1 is 1.15 bits per heavy atom. The van der Waals surface area contributed by atoms with Gasteiger partial charge < -0.3 is 9.47 Å². The Hall–Kier alpha value is -1.83. The summed E-state index contributed by atoms with van der Waals surface area (Å²) < 4.78 is 2.91. The van der Waals surface area contributed by atoms with E-state index in [4.69, 9.17) is 11.6 Å². The number of aromatic nitrogens is 3. The van der Waals surface area contributed by atoms with Crippen molar-refractivity contribution in [2.24, 2.45) is 7.05 Å². The van der Waals surface area contributed by atoms with E-state index in [1.807, 2.05) is 60.1 Å². The molecule has 140 valence electrons. The van der Waals surface area contributed by atoms with E-state index in [2.05, 4.69) is 26.1 Å². The van der Waals surface area contributed by atoms with Crippen molar-refractivity contribution in [2.75, 3.05) is 12.8 Å². The van der Waals surface area contributed by atoms with Crippen LogP contribution in [0.3, 0.4) is 0 Å². The lowest BCUT2D eigenvalue weighted by atomic mass is 10.2. The van der Waals surface area contributed by atoms with Gasteiger partial charge in [-0.2, -0.15) is 0 Å². The molecule has 0 aliphatic heterocycles. The van der Waals surface area contributed by atoms with Gasteiger partial charge in [0.15, 0.2) is 11.0 Å². The summed E-state index contributed by atoms with van der Waals surface area (Å²) in [6.07, 6.45) is 0. The third-order valence-corrected chi connectivity index (χ3v) is 5.81. The summed E-state index contributed by atoms with van der Waals surface area (Å²) in [4.78, 5) is 14.2. The van der Waals surface area contributed by atoms with Crippen LogP contribution in [0.2, 0.25) is 5.02 Å². The topological polar surface area (TPSA) is 51.0 Å². The van der Waals surface area contributed by atoms with E-state index in [9.17, 15) is 4.79 Å². The van der Waals surface area contributed by atoms with Crippen molar-refractivity contribution < 1.29 is 4.79 Å². The molecule has 0 saturated heterocycles. The van der Waals surface area contributed by atoms with E-state index in [-0.39, 0.29) is 5.91 Å². The summed E-state index contributed by atoms with van der Waals surface area (Å²) in [6.45, 7) is 0.571. The molecule has 0 fully saturated rings. The molecule has 8 heteroatoms. The summed E-state index contributed by atoms with van der Waals surface area (Å²) >= 11 is 10.7. The van der Waals surface area contributed by atoms with Crippen LogP contribution in [-0.4, -0.2) is 38.4 Å². The van der Waals surface area contributed by atoms with Crippen molar-refractivity contribution in [3.8, 4) is 11.4 Å². The monoisotopic (exact) mass is 464 g/mol. The third kappa shape index (κ3) is 5.12. The van der Waals surface area contributed by atoms with Crippen LogP contribution < -0.4 is 0 Å². The van der Waals surface area contributed by atoms with Gasteiger partial charge in [0, 0.05) is 35.7 Å². The van der Waals surface area contributed by atoms with Gasteiger partial charge in [0.05, 0.1) is 5.75 Å². The van der Waals surface area contributed by atoms with Crippen LogP contribution in [0.1, 0.15) is 5.56 Å². The Morgan fingerprint density at radius 2 is 1.81 bits per heavy atom. The molecule has 0 saturated carbocycles. The lowest BCUT2D eigenvalue weighted by Gasteiger charge is -2.17. The highest BCUT2D eigenvalue weighted by Crippen LogP contribution is 2.24. The van der Waals surface area contributed by atoms with Crippen molar-refractivity contribution in [3.63, 3.8) is 0 Å². The van der Waals surface area contributed by atoms with Crippen molar-refractivity contribution in [2.45, 2.75) is 11.7 Å². The molecule has 0 aliphatic carbocycles. The maximum Gasteiger partial charge on any atom is 0.233 e. The second kappa shape index (κ2) is 8.91. The molecule has 1 amide bonds. The zero-order valence-corrected chi connectivity index (χ0v) is 18.1. The van der Waals surface area contributed by atoms with Gasteiger partial charge >= 0.3 is 0 Å². The Kier molecular flexibility index (Phi) is 6.57. The first-order chi connectivity index (χ1) is 12.9. The fourth-order valence-corrected chi connectivity index (χ4v) is 3.72. The molecule has 0 N–H and O–H groups in total. The highest BCUT2D eigenvalue weighted by Gasteiger charge is 2.15. The first-order valence-electron chi connectivity index (χ1n) is 8.20. The Labute approximate surface area is 175 Å². The van der Waals surface area contributed by atoms with Crippen molar-refractivity contribution in [3.05, 3.63) is 63.6 Å². The Morgan fingerprint density at radius 3 is 2.48 bits per heavy atom. The van der Waals surface area contributed by atoms with Gasteiger partial charge in [-0.1, -0.05) is 51.4 Å². The average molecular weight is 466 g/mol. The molecule has 3 aromatic rings. The molecule has 0 unspecified atom stereocenters. The average Bonchev–Trinajstić information content (AvgIpc) is 3.03. The molecule has 0 aliphatic rings. The van der Waals surface area contributed by atoms with Crippen LogP contribution >= 0.6 is 39.3 Å². The van der Waals surface area contributed by atoms with E-state index in [1.165, 1.54) is 11.8 Å². The standard InChI is InChI=1S/C19H18BrClN4OS/c1-24(11-13-3-7-15(20)8-4-13)17(26)12-27-19-23-22-18(25(19)2)14-5-9-16(21)10-6-14/h3-10H,11-12H2,1-2H3. The van der Waals surface area contributed by atoms with Crippen LogP contribution in [0.25, 0.3) is 11.4 Å². The predicted molar refractivity (Wildman–Crippen MR) is 113 cm³/mol. The minimum absolute atomic E-state index is 0.0407. The minimum atomic E-state index is 0.0407. The van der Waals surface area contributed by atoms with Gasteiger partial charge in [-0.25, -0.2) is 0 Å². The lowest BCUT2D eigenvalue weighted by Crippen LogP contribution is -2.27. The van der Waals surface area contributed by atoms with E-state index in [1.54, 1.807) is 11.9 Å². The van der Waals surface area contributed by atoms with Crippen LogP contribution in [0.4, 0.5) is 0 Å². The molecule has 1 heterocycles. The molecule has 1 aromatic heterocycles. The lowest BCUT2D eigenvalue weighted by molar-refractivity contribution is -0.127. The molecule has 27 heavy (non-hydrogen) atoms. The van der Waals surface area contributed by atoms with E-state index < -0.39 is 0 Å². The molecule has 0 atom stereocenters. The summed E-state index contributed by atoms with van der Waals surface area (Å²) in [5.41, 5.74) is 2.02. The maximum atomic E-state index is 12.4. The second-order valence-electron chi connectivity index (χ2n) is 6.04. The van der Waals surface area contributed by atoms with Gasteiger partial charge in [-0.3, -0.25) is 4.79 Å². The van der Waals surface area contributed by atoms with Crippen molar-refractivity contribution >= 4 is 45.2 Å².